The van der Waals surface area contributed by atoms with Crippen molar-refractivity contribution >= 4 is 31.6 Å². The summed E-state index contributed by atoms with van der Waals surface area (Å²) in [5.74, 6) is 0.274. The summed E-state index contributed by atoms with van der Waals surface area (Å²) in [5.41, 5.74) is 1.42. The van der Waals surface area contributed by atoms with Crippen molar-refractivity contribution in [2.75, 3.05) is 11.3 Å². The Labute approximate surface area is 130 Å². The fraction of sp³-hybridized carbons (Fsp3) is 0.143. The Kier molecular flexibility index (Phi) is 3.62. The molecule has 7 heteroatoms. The molecule has 3 rings (SSSR count). The van der Waals surface area contributed by atoms with Gasteiger partial charge in [0.1, 0.15) is 16.5 Å². The third-order valence-corrected chi connectivity index (χ3v) is 5.48. The van der Waals surface area contributed by atoms with Crippen molar-refractivity contribution in [2.24, 2.45) is 0 Å². The number of ether oxygens (including phenoxy) is 1. The maximum absolute atomic E-state index is 13.1. The number of anilines is 1. The highest BCUT2D eigenvalue weighted by Gasteiger charge is 2.19. The first kappa shape index (κ1) is 14.3. The van der Waals surface area contributed by atoms with Crippen LogP contribution in [0.4, 0.5) is 10.1 Å². The summed E-state index contributed by atoms with van der Waals surface area (Å²) in [6.45, 7) is 0.606. The molecule has 21 heavy (non-hydrogen) atoms. The molecule has 0 atom stereocenters. The average Bonchev–Trinajstić information content (AvgIpc) is 2.85. The van der Waals surface area contributed by atoms with Gasteiger partial charge in [-0.1, -0.05) is 0 Å². The SMILES string of the molecule is O=S(=O)(Nc1ccc2c(c1)CCO2)c1ccc(F)cc1Br. The Morgan fingerprint density at radius 1 is 1.19 bits per heavy atom. The first-order chi connectivity index (χ1) is 9.95. The molecular formula is C14H11BrFNO3S. The number of benzene rings is 2. The van der Waals surface area contributed by atoms with Crippen LogP contribution in [0.25, 0.3) is 0 Å². The molecule has 0 saturated heterocycles. The zero-order valence-corrected chi connectivity index (χ0v) is 13.2. The Balaban J connectivity index is 1.92. The monoisotopic (exact) mass is 371 g/mol. The largest absolute Gasteiger partial charge is 0.493 e. The number of rotatable bonds is 3. The van der Waals surface area contributed by atoms with E-state index in [1.807, 2.05) is 0 Å². The van der Waals surface area contributed by atoms with Gasteiger partial charge in [-0.3, -0.25) is 4.72 Å². The summed E-state index contributed by atoms with van der Waals surface area (Å²) in [6.07, 6.45) is 0.755. The number of sulfonamides is 1. The number of hydrogen-bond donors (Lipinski definition) is 1. The van der Waals surface area contributed by atoms with Gasteiger partial charge in [0, 0.05) is 16.6 Å². The molecule has 0 spiro atoms. The number of nitrogens with one attached hydrogen (secondary N) is 1. The lowest BCUT2D eigenvalue weighted by molar-refractivity contribution is 0.357. The molecule has 0 saturated carbocycles. The molecule has 0 fully saturated rings. The van der Waals surface area contributed by atoms with Gasteiger partial charge in [-0.2, -0.15) is 0 Å². The van der Waals surface area contributed by atoms with Crippen LogP contribution < -0.4 is 9.46 Å². The maximum Gasteiger partial charge on any atom is 0.263 e. The molecule has 0 bridgehead atoms. The summed E-state index contributed by atoms with van der Waals surface area (Å²) in [6, 6.07) is 8.56. The van der Waals surface area contributed by atoms with Crippen molar-refractivity contribution in [3.8, 4) is 5.75 Å². The molecule has 2 aromatic carbocycles. The van der Waals surface area contributed by atoms with Gasteiger partial charge in [0.15, 0.2) is 0 Å². The summed E-state index contributed by atoms with van der Waals surface area (Å²) in [5, 5.41) is 0. The summed E-state index contributed by atoms with van der Waals surface area (Å²) in [4.78, 5) is -0.0133. The molecule has 1 aliphatic rings. The second-order valence-corrected chi connectivity index (χ2v) is 7.11. The topological polar surface area (TPSA) is 55.4 Å². The highest BCUT2D eigenvalue weighted by Crippen LogP contribution is 2.30. The van der Waals surface area contributed by atoms with E-state index < -0.39 is 15.8 Å². The summed E-state index contributed by atoms with van der Waals surface area (Å²) >= 11 is 3.07. The normalized spacial score (nSPS) is 13.6. The second-order valence-electron chi connectivity index (χ2n) is 4.60. The molecule has 1 heterocycles. The lowest BCUT2D eigenvalue weighted by atomic mass is 10.1. The molecule has 0 unspecified atom stereocenters. The Morgan fingerprint density at radius 3 is 2.76 bits per heavy atom. The number of fused-ring (bicyclic) bond motifs is 1. The van der Waals surface area contributed by atoms with Crippen LogP contribution in [0.15, 0.2) is 45.8 Å². The van der Waals surface area contributed by atoms with Gasteiger partial charge < -0.3 is 4.74 Å². The zero-order chi connectivity index (χ0) is 15.0. The third kappa shape index (κ3) is 2.89. The van der Waals surface area contributed by atoms with Crippen LogP contribution in [0, 0.1) is 5.82 Å². The van der Waals surface area contributed by atoms with E-state index in [0.717, 1.165) is 29.9 Å². The molecule has 4 nitrogen and oxygen atoms in total. The lowest BCUT2D eigenvalue weighted by Crippen LogP contribution is -2.13. The minimum absolute atomic E-state index is 0.0133. The maximum atomic E-state index is 13.1. The van der Waals surface area contributed by atoms with E-state index >= 15 is 0 Å². The molecule has 0 radical (unpaired) electrons. The third-order valence-electron chi connectivity index (χ3n) is 3.13. The van der Waals surface area contributed by atoms with Crippen LogP contribution in [0.2, 0.25) is 0 Å². The van der Waals surface area contributed by atoms with Crippen molar-refractivity contribution < 1.29 is 17.5 Å². The smallest absolute Gasteiger partial charge is 0.263 e. The van der Waals surface area contributed by atoms with Gasteiger partial charge >= 0.3 is 0 Å². The minimum atomic E-state index is -3.78. The molecule has 0 amide bonds. The second kappa shape index (κ2) is 5.31. The number of halogens is 2. The molecule has 0 aromatic heterocycles. The van der Waals surface area contributed by atoms with Crippen LogP contribution in [0.3, 0.4) is 0 Å². The van der Waals surface area contributed by atoms with Crippen molar-refractivity contribution in [3.63, 3.8) is 0 Å². The van der Waals surface area contributed by atoms with Crippen molar-refractivity contribution in [3.05, 3.63) is 52.3 Å². The molecule has 110 valence electrons. The van der Waals surface area contributed by atoms with Crippen LogP contribution in [-0.2, 0) is 16.4 Å². The molecule has 1 aliphatic heterocycles. The van der Waals surface area contributed by atoms with E-state index in [2.05, 4.69) is 20.7 Å². The lowest BCUT2D eigenvalue weighted by Gasteiger charge is -2.10. The molecular weight excluding hydrogens is 361 g/mol. The van der Waals surface area contributed by atoms with Crippen LogP contribution >= 0.6 is 15.9 Å². The van der Waals surface area contributed by atoms with Crippen molar-refractivity contribution in [1.29, 1.82) is 0 Å². The van der Waals surface area contributed by atoms with Crippen LogP contribution in [-0.4, -0.2) is 15.0 Å². The fourth-order valence-electron chi connectivity index (χ4n) is 2.15. The van der Waals surface area contributed by atoms with Crippen molar-refractivity contribution in [2.45, 2.75) is 11.3 Å². The summed E-state index contributed by atoms with van der Waals surface area (Å²) < 4.78 is 45.8. The Morgan fingerprint density at radius 2 is 2.00 bits per heavy atom. The van der Waals surface area contributed by atoms with Gasteiger partial charge in [0.25, 0.3) is 10.0 Å². The van der Waals surface area contributed by atoms with E-state index in [4.69, 9.17) is 4.74 Å². The highest BCUT2D eigenvalue weighted by molar-refractivity contribution is 9.10. The van der Waals surface area contributed by atoms with Crippen LogP contribution in [0.5, 0.6) is 5.75 Å². The average molecular weight is 372 g/mol. The minimum Gasteiger partial charge on any atom is -0.493 e. The molecule has 2 aromatic rings. The van der Waals surface area contributed by atoms with E-state index in [1.54, 1.807) is 18.2 Å². The van der Waals surface area contributed by atoms with Gasteiger partial charge in [-0.25, -0.2) is 12.8 Å². The van der Waals surface area contributed by atoms with Gasteiger partial charge in [-0.15, -0.1) is 0 Å². The Hall–Kier alpha value is -1.60. The highest BCUT2D eigenvalue weighted by atomic mass is 79.9. The van der Waals surface area contributed by atoms with Gasteiger partial charge in [0.2, 0.25) is 0 Å². The Bertz CT molecular complexity index is 808. The van der Waals surface area contributed by atoms with E-state index in [-0.39, 0.29) is 9.37 Å². The molecule has 1 N–H and O–H groups in total. The summed E-state index contributed by atoms with van der Waals surface area (Å²) in [7, 11) is -3.78. The fourth-order valence-corrected chi connectivity index (χ4v) is 4.25. The van der Waals surface area contributed by atoms with E-state index in [0.29, 0.717) is 12.3 Å². The first-order valence-corrected chi connectivity index (χ1v) is 8.47. The quantitative estimate of drug-likeness (QED) is 0.900. The predicted octanol–water partition coefficient (Wildman–Crippen LogP) is 3.32. The van der Waals surface area contributed by atoms with Crippen LogP contribution in [0.1, 0.15) is 5.56 Å². The van der Waals surface area contributed by atoms with E-state index in [1.165, 1.54) is 6.07 Å². The van der Waals surface area contributed by atoms with Gasteiger partial charge in [-0.05, 0) is 57.9 Å². The van der Waals surface area contributed by atoms with Crippen molar-refractivity contribution in [1.82, 2.24) is 0 Å². The standard InChI is InChI=1S/C14H11BrFNO3S/c15-12-8-10(16)1-4-14(12)21(18,19)17-11-2-3-13-9(7-11)5-6-20-13/h1-4,7-8,17H,5-6H2. The number of hydrogen-bond acceptors (Lipinski definition) is 3. The predicted molar refractivity (Wildman–Crippen MR) is 80.5 cm³/mol. The molecule has 0 aliphatic carbocycles. The van der Waals surface area contributed by atoms with Gasteiger partial charge in [0.05, 0.1) is 6.61 Å². The van der Waals surface area contributed by atoms with E-state index in [9.17, 15) is 12.8 Å². The zero-order valence-electron chi connectivity index (χ0n) is 10.8. The first-order valence-electron chi connectivity index (χ1n) is 6.19.